The van der Waals surface area contributed by atoms with Crippen molar-refractivity contribution in [2.24, 2.45) is 5.92 Å². The monoisotopic (exact) mass is 452 g/mol. The lowest BCUT2D eigenvalue weighted by Crippen LogP contribution is -2.65. The molecule has 1 N–H and O–H groups in total. The van der Waals surface area contributed by atoms with Crippen molar-refractivity contribution < 1.29 is 19.1 Å². The van der Waals surface area contributed by atoms with Crippen LogP contribution in [0.4, 0.5) is 5.69 Å². The van der Waals surface area contributed by atoms with E-state index < -0.39 is 11.5 Å². The Morgan fingerprint density at radius 3 is 2.33 bits per heavy atom. The Bertz CT molecular complexity index is 1080. The summed E-state index contributed by atoms with van der Waals surface area (Å²) in [6.45, 7) is 8.06. The van der Waals surface area contributed by atoms with E-state index in [4.69, 9.17) is 4.74 Å². The van der Waals surface area contributed by atoms with Crippen LogP contribution in [0.3, 0.4) is 0 Å². The summed E-state index contributed by atoms with van der Waals surface area (Å²) in [5, 5.41) is 7.49. The third kappa shape index (κ3) is 4.26. The molecule has 1 aliphatic carbocycles. The number of rotatable bonds is 4. The predicted molar refractivity (Wildman–Crippen MR) is 124 cm³/mol. The maximum absolute atomic E-state index is 13.8. The highest BCUT2D eigenvalue weighted by molar-refractivity contribution is 6.12. The quantitative estimate of drug-likeness (QED) is 0.718. The van der Waals surface area contributed by atoms with E-state index in [0.717, 1.165) is 36.8 Å². The molecule has 1 fully saturated rings. The normalized spacial score (nSPS) is 24.9. The number of nitrogens with zero attached hydrogens (tertiary/aromatic N) is 3. The summed E-state index contributed by atoms with van der Waals surface area (Å²) < 4.78 is 6.24. The van der Waals surface area contributed by atoms with Gasteiger partial charge < -0.3 is 10.1 Å². The van der Waals surface area contributed by atoms with Gasteiger partial charge in [-0.1, -0.05) is 13.0 Å². The molecule has 0 radical (unpaired) electrons. The summed E-state index contributed by atoms with van der Waals surface area (Å²) in [6.07, 6.45) is 4.01. The molecule has 0 bridgehead atoms. The number of hydrogen-bond acceptors (Lipinski definition) is 5. The van der Waals surface area contributed by atoms with Gasteiger partial charge in [0.15, 0.2) is 5.69 Å². The number of fused-ring (bicyclic) bond motifs is 1. The molecule has 1 saturated carbocycles. The number of methoxy groups -OCH3 is 1. The Morgan fingerprint density at radius 2 is 1.73 bits per heavy atom. The van der Waals surface area contributed by atoms with Crippen LogP contribution < -0.4 is 10.2 Å². The van der Waals surface area contributed by atoms with Crippen molar-refractivity contribution in [1.82, 2.24) is 15.1 Å². The van der Waals surface area contributed by atoms with E-state index in [1.54, 1.807) is 11.8 Å². The van der Waals surface area contributed by atoms with Gasteiger partial charge in [0.05, 0.1) is 13.7 Å². The lowest BCUT2D eigenvalue weighted by molar-refractivity contribution is -0.127. The molecule has 2 aromatic rings. The van der Waals surface area contributed by atoms with E-state index in [0.29, 0.717) is 11.6 Å². The van der Waals surface area contributed by atoms with Gasteiger partial charge in [0.2, 0.25) is 5.91 Å². The number of carbonyl (C=O) groups excluding carboxylic acids is 3. The molecule has 1 aromatic heterocycles. The Balaban J connectivity index is 1.76. The van der Waals surface area contributed by atoms with E-state index in [-0.39, 0.29) is 35.8 Å². The largest absolute Gasteiger partial charge is 0.464 e. The lowest BCUT2D eigenvalue weighted by atomic mass is 9.86. The molecule has 176 valence electrons. The molecule has 33 heavy (non-hydrogen) atoms. The first-order chi connectivity index (χ1) is 15.6. The lowest BCUT2D eigenvalue weighted by Gasteiger charge is -2.44. The van der Waals surface area contributed by atoms with Crippen molar-refractivity contribution in [3.8, 4) is 0 Å². The zero-order valence-electron chi connectivity index (χ0n) is 20.0. The van der Waals surface area contributed by atoms with Gasteiger partial charge in [-0.25, -0.2) is 4.79 Å². The zero-order valence-corrected chi connectivity index (χ0v) is 20.0. The number of anilines is 1. The standard InChI is InChI=1S/C25H32N4O4/c1-15-6-8-18(9-7-15)26-24(32)25(4)14-28-21(13-20(27-28)23(31)33-5)22(30)29(25)19-11-16(2)10-17(3)12-19/h10-13,15,18H,6-9,14H2,1-5H3,(H,26,32). The number of aromatic nitrogens is 2. The van der Waals surface area contributed by atoms with E-state index >= 15 is 0 Å². The Kier molecular flexibility index (Phi) is 6.03. The fourth-order valence-corrected chi connectivity index (χ4v) is 5.02. The van der Waals surface area contributed by atoms with Crippen molar-refractivity contribution >= 4 is 23.5 Å². The minimum Gasteiger partial charge on any atom is -0.464 e. The summed E-state index contributed by atoms with van der Waals surface area (Å²) in [5.74, 6) is -0.538. The highest BCUT2D eigenvalue weighted by Crippen LogP contribution is 2.34. The van der Waals surface area contributed by atoms with Crippen LogP contribution in [0.25, 0.3) is 0 Å². The molecule has 2 heterocycles. The molecule has 1 atom stereocenters. The highest BCUT2D eigenvalue weighted by Gasteiger charge is 2.49. The second-order valence-corrected chi connectivity index (χ2v) is 9.75. The first-order valence-corrected chi connectivity index (χ1v) is 11.5. The smallest absolute Gasteiger partial charge is 0.358 e. The van der Waals surface area contributed by atoms with Crippen LogP contribution in [0.15, 0.2) is 24.3 Å². The molecule has 4 rings (SSSR count). The van der Waals surface area contributed by atoms with Crippen LogP contribution in [-0.4, -0.2) is 46.3 Å². The molecule has 8 heteroatoms. The molecule has 8 nitrogen and oxygen atoms in total. The zero-order chi connectivity index (χ0) is 23.9. The first-order valence-electron chi connectivity index (χ1n) is 11.5. The van der Waals surface area contributed by atoms with Crippen LogP contribution in [0.1, 0.15) is 71.6 Å². The molecule has 1 aromatic carbocycles. The highest BCUT2D eigenvalue weighted by atomic mass is 16.5. The third-order valence-corrected chi connectivity index (χ3v) is 6.85. The Morgan fingerprint density at radius 1 is 1.09 bits per heavy atom. The molecule has 1 unspecified atom stereocenters. The van der Waals surface area contributed by atoms with Crippen molar-refractivity contribution in [2.75, 3.05) is 12.0 Å². The number of ether oxygens (including phenoxy) is 1. The van der Waals surface area contributed by atoms with Crippen LogP contribution in [-0.2, 0) is 16.1 Å². The Labute approximate surface area is 194 Å². The fraction of sp³-hybridized carbons (Fsp3) is 0.520. The average molecular weight is 453 g/mol. The van der Waals surface area contributed by atoms with E-state index in [9.17, 15) is 14.4 Å². The van der Waals surface area contributed by atoms with E-state index in [2.05, 4.69) is 17.3 Å². The summed E-state index contributed by atoms with van der Waals surface area (Å²) >= 11 is 0. The second kappa shape index (κ2) is 8.65. The van der Waals surface area contributed by atoms with E-state index in [1.165, 1.54) is 17.9 Å². The molecule has 0 saturated heterocycles. The van der Waals surface area contributed by atoms with Crippen molar-refractivity contribution in [3.05, 3.63) is 46.8 Å². The van der Waals surface area contributed by atoms with Crippen molar-refractivity contribution in [3.63, 3.8) is 0 Å². The number of carbonyl (C=O) groups is 3. The number of esters is 1. The molecule has 2 aliphatic rings. The summed E-state index contributed by atoms with van der Waals surface area (Å²) in [4.78, 5) is 41.1. The summed E-state index contributed by atoms with van der Waals surface area (Å²) in [7, 11) is 1.27. The van der Waals surface area contributed by atoms with Gasteiger partial charge in [0.25, 0.3) is 5.91 Å². The topological polar surface area (TPSA) is 93.5 Å². The first kappa shape index (κ1) is 23.0. The fourth-order valence-electron chi connectivity index (χ4n) is 5.02. The van der Waals surface area contributed by atoms with Gasteiger partial charge in [0, 0.05) is 17.8 Å². The maximum atomic E-state index is 13.8. The van der Waals surface area contributed by atoms with Crippen LogP contribution in [0.5, 0.6) is 0 Å². The van der Waals surface area contributed by atoms with Gasteiger partial charge in [-0.15, -0.1) is 0 Å². The predicted octanol–water partition coefficient (Wildman–Crippen LogP) is 3.40. The molecule has 1 aliphatic heterocycles. The van der Waals surface area contributed by atoms with Crippen molar-refractivity contribution in [1.29, 1.82) is 0 Å². The number of nitrogens with one attached hydrogen (secondary N) is 1. The number of benzene rings is 1. The molecule has 2 amide bonds. The van der Waals surface area contributed by atoms with E-state index in [1.807, 2.05) is 32.0 Å². The van der Waals surface area contributed by atoms with Crippen LogP contribution in [0, 0.1) is 19.8 Å². The summed E-state index contributed by atoms with van der Waals surface area (Å²) in [6, 6.07) is 7.37. The molecular weight excluding hydrogens is 420 g/mol. The molecule has 0 spiro atoms. The van der Waals surface area contributed by atoms with Gasteiger partial charge in [-0.2, -0.15) is 5.10 Å². The average Bonchev–Trinajstić information content (AvgIpc) is 3.18. The van der Waals surface area contributed by atoms with Crippen molar-refractivity contribution in [2.45, 2.75) is 71.5 Å². The number of amides is 2. The minimum atomic E-state index is -1.22. The SMILES string of the molecule is COC(=O)c1cc2n(n1)CC(C)(C(=O)NC1CCC(C)CC1)N(c1cc(C)cc(C)c1)C2=O. The number of aryl methyl sites for hydroxylation is 2. The van der Waals surface area contributed by atoms with Gasteiger partial charge >= 0.3 is 5.97 Å². The molecular formula is C25H32N4O4. The minimum absolute atomic E-state index is 0.0483. The van der Waals surface area contributed by atoms with Crippen LogP contribution >= 0.6 is 0 Å². The van der Waals surface area contributed by atoms with Gasteiger partial charge in [-0.05, 0) is 75.6 Å². The third-order valence-electron chi connectivity index (χ3n) is 6.85. The second-order valence-electron chi connectivity index (χ2n) is 9.75. The van der Waals surface area contributed by atoms with Gasteiger partial charge in [0.1, 0.15) is 11.2 Å². The Hall–Kier alpha value is -3.16. The summed E-state index contributed by atoms with van der Waals surface area (Å²) in [5.41, 5.74) is 1.73. The maximum Gasteiger partial charge on any atom is 0.358 e. The number of hydrogen-bond donors (Lipinski definition) is 1. The van der Waals surface area contributed by atoms with Crippen LogP contribution in [0.2, 0.25) is 0 Å². The van der Waals surface area contributed by atoms with Gasteiger partial charge in [-0.3, -0.25) is 19.2 Å².